The maximum absolute atomic E-state index is 12.6. The molecule has 0 saturated carbocycles. The first-order valence-electron chi connectivity index (χ1n) is 10.7. The summed E-state index contributed by atoms with van der Waals surface area (Å²) >= 11 is 1.26. The summed E-state index contributed by atoms with van der Waals surface area (Å²) in [6.07, 6.45) is 6.03. The Hall–Kier alpha value is -2.68. The van der Waals surface area contributed by atoms with Gasteiger partial charge in [-0.1, -0.05) is 40.0 Å². The number of furan rings is 1. The van der Waals surface area contributed by atoms with Crippen LogP contribution in [0.3, 0.4) is 0 Å². The Morgan fingerprint density at radius 2 is 2.00 bits per heavy atom. The van der Waals surface area contributed by atoms with Gasteiger partial charge >= 0.3 is 0 Å². The Labute approximate surface area is 187 Å². The Morgan fingerprint density at radius 3 is 2.68 bits per heavy atom. The first-order valence-corrected chi connectivity index (χ1v) is 11.6. The quantitative estimate of drug-likeness (QED) is 0.455. The number of hydrogen-bond acceptors (Lipinski definition) is 6. The van der Waals surface area contributed by atoms with Gasteiger partial charge in [0.25, 0.3) is 5.91 Å². The van der Waals surface area contributed by atoms with Crippen LogP contribution in [0, 0.1) is 5.92 Å². The van der Waals surface area contributed by atoms with Crippen LogP contribution >= 0.6 is 11.3 Å². The molecule has 0 aliphatic heterocycles. The Kier molecular flexibility index (Phi) is 10.2. The van der Waals surface area contributed by atoms with Crippen molar-refractivity contribution in [3.8, 4) is 0 Å². The number of anilines is 1. The van der Waals surface area contributed by atoms with E-state index in [1.165, 1.54) is 28.9 Å². The van der Waals surface area contributed by atoms with Crippen LogP contribution in [0.15, 0.2) is 28.2 Å². The largest absolute Gasteiger partial charge is 0.459 e. The molecule has 31 heavy (non-hydrogen) atoms. The van der Waals surface area contributed by atoms with E-state index in [0.717, 1.165) is 19.3 Å². The van der Waals surface area contributed by atoms with E-state index in [0.29, 0.717) is 23.9 Å². The Balaban J connectivity index is 1.83. The number of nitrogens with one attached hydrogen (secondary N) is 2. The van der Waals surface area contributed by atoms with Gasteiger partial charge in [0.1, 0.15) is 6.54 Å². The van der Waals surface area contributed by atoms with Crippen molar-refractivity contribution in [2.75, 3.05) is 25.0 Å². The zero-order valence-corrected chi connectivity index (χ0v) is 19.3. The minimum absolute atomic E-state index is 0.0770. The third-order valence-electron chi connectivity index (χ3n) is 4.43. The van der Waals surface area contributed by atoms with Crippen LogP contribution in [-0.4, -0.2) is 47.2 Å². The fourth-order valence-electron chi connectivity index (χ4n) is 3.00. The van der Waals surface area contributed by atoms with E-state index >= 15 is 0 Å². The second-order valence-electron chi connectivity index (χ2n) is 7.84. The lowest BCUT2D eigenvalue weighted by atomic mass is 10.2. The average molecular weight is 449 g/mol. The molecule has 0 radical (unpaired) electrons. The molecule has 0 spiro atoms. The van der Waals surface area contributed by atoms with E-state index in [4.69, 9.17) is 4.42 Å². The fraction of sp³-hybridized carbons (Fsp3) is 0.545. The molecule has 0 aliphatic carbocycles. The molecule has 2 aromatic rings. The molecule has 2 N–H and O–H groups in total. The van der Waals surface area contributed by atoms with Crippen LogP contribution in [0.5, 0.6) is 0 Å². The van der Waals surface area contributed by atoms with Gasteiger partial charge in [-0.05, 0) is 24.5 Å². The standard InChI is InChI=1S/C22H32N4O4S/c1-4-5-6-7-10-23-19(27)12-17-15-31-22(24-17)25-20(28)14-26(13-16(2)3)21(29)18-9-8-11-30-18/h8-9,11,15-16H,4-7,10,12-14H2,1-3H3,(H,23,27)(H,24,25,28). The van der Waals surface area contributed by atoms with Gasteiger partial charge in [-0.3, -0.25) is 14.4 Å². The minimum Gasteiger partial charge on any atom is -0.459 e. The Morgan fingerprint density at radius 1 is 1.19 bits per heavy atom. The predicted octanol–water partition coefficient (Wildman–Crippen LogP) is 3.71. The summed E-state index contributed by atoms with van der Waals surface area (Å²) in [5.41, 5.74) is 0.608. The lowest BCUT2D eigenvalue weighted by molar-refractivity contribution is -0.120. The van der Waals surface area contributed by atoms with Crippen molar-refractivity contribution < 1.29 is 18.8 Å². The summed E-state index contributed by atoms with van der Waals surface area (Å²) in [6, 6.07) is 3.22. The second kappa shape index (κ2) is 12.9. The number of carbonyl (C=O) groups excluding carboxylic acids is 3. The third kappa shape index (κ3) is 8.92. The number of hydrogen-bond donors (Lipinski definition) is 2. The molecule has 0 aromatic carbocycles. The lowest BCUT2D eigenvalue weighted by Gasteiger charge is -2.22. The highest BCUT2D eigenvalue weighted by molar-refractivity contribution is 7.13. The van der Waals surface area contributed by atoms with E-state index < -0.39 is 0 Å². The number of carbonyl (C=O) groups is 3. The summed E-state index contributed by atoms with van der Waals surface area (Å²) < 4.78 is 5.17. The first-order chi connectivity index (χ1) is 14.9. The molecule has 0 unspecified atom stereocenters. The van der Waals surface area contributed by atoms with Crippen molar-refractivity contribution in [2.45, 2.75) is 52.9 Å². The molecule has 170 valence electrons. The van der Waals surface area contributed by atoms with Crippen LogP contribution in [0.1, 0.15) is 62.7 Å². The van der Waals surface area contributed by atoms with Gasteiger partial charge in [0.05, 0.1) is 18.4 Å². The van der Waals surface area contributed by atoms with Gasteiger partial charge in [0.2, 0.25) is 11.8 Å². The van der Waals surface area contributed by atoms with Crippen LogP contribution < -0.4 is 10.6 Å². The van der Waals surface area contributed by atoms with Gasteiger partial charge in [0.15, 0.2) is 10.9 Å². The van der Waals surface area contributed by atoms with Crippen molar-refractivity contribution in [3.63, 3.8) is 0 Å². The van der Waals surface area contributed by atoms with Gasteiger partial charge in [-0.2, -0.15) is 0 Å². The molecule has 2 heterocycles. The molecule has 0 saturated heterocycles. The molecule has 8 nitrogen and oxygen atoms in total. The van der Waals surface area contributed by atoms with Crippen molar-refractivity contribution in [1.82, 2.24) is 15.2 Å². The number of rotatable bonds is 13. The summed E-state index contributed by atoms with van der Waals surface area (Å²) in [5, 5.41) is 7.78. The number of thiazole rings is 1. The monoisotopic (exact) mass is 448 g/mol. The molecule has 0 atom stereocenters. The van der Waals surface area contributed by atoms with E-state index in [1.807, 2.05) is 13.8 Å². The molecule has 0 aliphatic rings. The number of amides is 3. The highest BCUT2D eigenvalue weighted by atomic mass is 32.1. The van der Waals surface area contributed by atoms with Crippen molar-refractivity contribution in [3.05, 3.63) is 35.2 Å². The number of unbranched alkanes of at least 4 members (excludes halogenated alkanes) is 3. The summed E-state index contributed by atoms with van der Waals surface area (Å²) in [4.78, 5) is 42.9. The first kappa shape index (κ1) is 24.6. The normalized spacial score (nSPS) is 10.8. The molecule has 2 rings (SSSR count). The SMILES string of the molecule is CCCCCCNC(=O)Cc1csc(NC(=O)CN(CC(C)C)C(=O)c2ccco2)n1. The molecular weight excluding hydrogens is 416 g/mol. The van der Waals surface area contributed by atoms with Crippen molar-refractivity contribution in [1.29, 1.82) is 0 Å². The predicted molar refractivity (Wildman–Crippen MR) is 121 cm³/mol. The summed E-state index contributed by atoms with van der Waals surface area (Å²) in [7, 11) is 0. The number of aromatic nitrogens is 1. The average Bonchev–Trinajstić information content (AvgIpc) is 3.38. The van der Waals surface area contributed by atoms with Crippen LogP contribution in [0.2, 0.25) is 0 Å². The van der Waals surface area contributed by atoms with Crippen LogP contribution in [0.25, 0.3) is 0 Å². The second-order valence-corrected chi connectivity index (χ2v) is 8.69. The highest BCUT2D eigenvalue weighted by Gasteiger charge is 2.22. The summed E-state index contributed by atoms with van der Waals surface area (Å²) in [6.45, 7) is 7.09. The van der Waals surface area contributed by atoms with Gasteiger partial charge in [-0.25, -0.2) is 4.98 Å². The van der Waals surface area contributed by atoms with E-state index in [-0.39, 0.29) is 42.4 Å². The highest BCUT2D eigenvalue weighted by Crippen LogP contribution is 2.16. The van der Waals surface area contributed by atoms with Crippen LogP contribution in [0.4, 0.5) is 5.13 Å². The smallest absolute Gasteiger partial charge is 0.290 e. The zero-order chi connectivity index (χ0) is 22.6. The van der Waals surface area contributed by atoms with E-state index in [2.05, 4.69) is 22.5 Å². The topological polar surface area (TPSA) is 105 Å². The molecule has 3 amide bonds. The lowest BCUT2D eigenvalue weighted by Crippen LogP contribution is -2.40. The molecular formula is C22H32N4O4S. The zero-order valence-electron chi connectivity index (χ0n) is 18.5. The third-order valence-corrected chi connectivity index (χ3v) is 5.24. The van der Waals surface area contributed by atoms with E-state index in [1.54, 1.807) is 17.5 Å². The molecule has 0 fully saturated rings. The molecule has 2 aromatic heterocycles. The summed E-state index contributed by atoms with van der Waals surface area (Å²) in [5.74, 6) is -0.359. The van der Waals surface area contributed by atoms with Gasteiger partial charge < -0.3 is 20.0 Å². The van der Waals surface area contributed by atoms with Crippen LogP contribution in [-0.2, 0) is 16.0 Å². The maximum Gasteiger partial charge on any atom is 0.290 e. The molecule has 0 bridgehead atoms. The Bertz CT molecular complexity index is 832. The van der Waals surface area contributed by atoms with E-state index in [9.17, 15) is 14.4 Å². The van der Waals surface area contributed by atoms with Gasteiger partial charge in [0, 0.05) is 18.5 Å². The van der Waals surface area contributed by atoms with Crippen molar-refractivity contribution in [2.24, 2.45) is 5.92 Å². The fourth-order valence-corrected chi connectivity index (χ4v) is 3.73. The van der Waals surface area contributed by atoms with Crippen molar-refractivity contribution >= 4 is 34.2 Å². The number of nitrogens with zero attached hydrogens (tertiary/aromatic N) is 2. The maximum atomic E-state index is 12.6. The molecule has 9 heteroatoms. The van der Waals surface area contributed by atoms with Gasteiger partial charge in [-0.15, -0.1) is 11.3 Å². The minimum atomic E-state index is -0.346.